The van der Waals surface area contributed by atoms with Gasteiger partial charge in [0, 0.05) is 87.3 Å². The van der Waals surface area contributed by atoms with E-state index >= 15 is 0 Å². The van der Waals surface area contributed by atoms with Crippen LogP contribution >= 0.6 is 0 Å². The van der Waals surface area contributed by atoms with Gasteiger partial charge in [0.25, 0.3) is 0 Å². The van der Waals surface area contributed by atoms with Crippen molar-refractivity contribution in [1.29, 1.82) is 0 Å². The van der Waals surface area contributed by atoms with Crippen molar-refractivity contribution in [2.75, 3.05) is 49.8 Å². The van der Waals surface area contributed by atoms with Gasteiger partial charge in [0.1, 0.15) is 0 Å². The van der Waals surface area contributed by atoms with E-state index in [0.29, 0.717) is 0 Å². The zero-order chi connectivity index (χ0) is 13.7. The van der Waals surface area contributed by atoms with Crippen molar-refractivity contribution in [3.05, 3.63) is 0 Å². The maximum atomic E-state index is 7.00. The molecule has 0 aliphatic heterocycles. The summed E-state index contributed by atoms with van der Waals surface area (Å²) < 4.78 is 13.8. The number of aliphatic hydroxyl groups is 4. The molecule has 0 aromatic heterocycles. The van der Waals surface area contributed by atoms with E-state index < -0.39 is 7.32 Å². The molecule has 0 heterocycles. The van der Waals surface area contributed by atoms with Crippen LogP contribution in [0.3, 0.4) is 0 Å². The Morgan fingerprint density at radius 3 is 0.706 bits per heavy atom. The first-order valence-corrected chi connectivity index (χ1v) is 3.72. The van der Waals surface area contributed by atoms with E-state index in [1.165, 1.54) is 21.3 Å². The molecule has 4 N–H and O–H groups in total. The van der Waals surface area contributed by atoms with Crippen molar-refractivity contribution in [1.82, 2.24) is 0 Å². The maximum Gasteiger partial charge on any atom is 0.638 e. The van der Waals surface area contributed by atoms with E-state index in [-0.39, 0.29) is 37.5 Å². The Bertz CT molecular complexity index is 51.7. The Morgan fingerprint density at radius 2 is 0.706 bits per heavy atom. The van der Waals surface area contributed by atoms with Crippen molar-refractivity contribution < 1.29 is 71.9 Å². The predicted octanol–water partition coefficient (Wildman–Crippen LogP) is -1.66. The van der Waals surface area contributed by atoms with Crippen LogP contribution in [0.15, 0.2) is 0 Å². The smallest absolute Gasteiger partial charge is 0.400 e. The summed E-state index contributed by atoms with van der Waals surface area (Å²) in [5.41, 5.74) is 0. The van der Waals surface area contributed by atoms with E-state index in [0.717, 1.165) is 28.4 Å². The van der Waals surface area contributed by atoms with Gasteiger partial charge >= 0.3 is 7.32 Å². The Kier molecular flexibility index (Phi) is 225. The van der Waals surface area contributed by atoms with Gasteiger partial charge in [0.2, 0.25) is 0 Å². The molecule has 0 aromatic carbocycles. The van der Waals surface area contributed by atoms with Crippen LogP contribution in [0.1, 0.15) is 0 Å². The Hall–Kier alpha value is 0.967. The minimum atomic E-state index is -0.514. The largest absolute Gasteiger partial charge is 0.638 e. The van der Waals surface area contributed by atoms with Gasteiger partial charge in [-0.2, -0.15) is 0 Å². The third-order valence-corrected chi connectivity index (χ3v) is 0.577. The Labute approximate surface area is 129 Å². The van der Waals surface area contributed by atoms with Gasteiger partial charge in [-0.3, -0.25) is 0 Å². The number of hydrogen-bond donors (Lipinski definition) is 4. The monoisotopic (exact) mass is 401 g/mol. The van der Waals surface area contributed by atoms with Crippen LogP contribution in [0.5, 0.6) is 0 Å². The van der Waals surface area contributed by atoms with E-state index in [2.05, 4.69) is 14.0 Å². The second-order valence-electron chi connectivity index (χ2n) is 0.996. The van der Waals surface area contributed by atoms with Gasteiger partial charge in [-0.1, -0.05) is 0 Å². The molecule has 17 heavy (non-hydrogen) atoms. The molecule has 0 bridgehead atoms. The first-order chi connectivity index (χ1) is 7.35. The second kappa shape index (κ2) is 89.1. The van der Waals surface area contributed by atoms with Crippen molar-refractivity contribution in [2.24, 2.45) is 0 Å². The summed E-state index contributed by atoms with van der Waals surface area (Å²) in [6, 6.07) is 0. The molecule has 0 unspecified atom stereocenters. The zero-order valence-corrected chi connectivity index (χ0v) is 13.7. The first-order valence-electron chi connectivity index (χ1n) is 3.72. The molecule has 0 atom stereocenters. The Balaban J connectivity index is -0.0000000173. The average molecular weight is 402 g/mol. The van der Waals surface area contributed by atoms with E-state index in [4.69, 9.17) is 20.4 Å². The first kappa shape index (κ1) is 43.0. The summed E-state index contributed by atoms with van der Waals surface area (Å²) in [5, 5.41) is 28.0. The summed E-state index contributed by atoms with van der Waals surface area (Å²) in [7, 11) is 8.02. The summed E-state index contributed by atoms with van der Waals surface area (Å²) in [6.07, 6.45) is 0. The number of hydrogen-bond acceptors (Lipinski definition) is 7. The van der Waals surface area contributed by atoms with Crippen LogP contribution in [0.4, 0.5) is 0 Å². The van der Waals surface area contributed by atoms with Gasteiger partial charge in [0.05, 0.1) is 0 Å². The van der Waals surface area contributed by atoms with Crippen LogP contribution in [-0.4, -0.2) is 77.5 Å². The molecule has 10 heteroatoms. The van der Waals surface area contributed by atoms with Gasteiger partial charge in [0.15, 0.2) is 0 Å². The third-order valence-electron chi connectivity index (χ3n) is 0.577. The second-order valence-corrected chi connectivity index (χ2v) is 0.996. The molecule has 0 saturated carbocycles. The number of aliphatic hydroxyl groups excluding tert-OH is 4. The molecule has 0 aliphatic carbocycles. The molecule has 0 fully saturated rings. The molecule has 0 saturated heterocycles. The van der Waals surface area contributed by atoms with Crippen LogP contribution in [0, 0.1) is 0 Å². The minimum absolute atomic E-state index is 0. The normalized spacial score (nSPS) is 5.12. The molecular formula is C7H25BCuO7Pd. The predicted molar refractivity (Wildman–Crippen MR) is 59.4 cm³/mol. The summed E-state index contributed by atoms with van der Waals surface area (Å²) in [4.78, 5) is 0. The summed E-state index contributed by atoms with van der Waals surface area (Å²) >= 11 is 0. The average Bonchev–Trinajstić information content (AvgIpc) is 2.41. The number of rotatable bonds is 3. The molecule has 0 amide bonds. The third kappa shape index (κ3) is 78.3. The molecule has 0 aromatic rings. The fourth-order valence-electron chi connectivity index (χ4n) is 0.289. The van der Waals surface area contributed by atoms with E-state index in [1.54, 1.807) is 0 Å². The fourth-order valence-corrected chi connectivity index (χ4v) is 0.289. The minimum Gasteiger partial charge on any atom is -0.400 e. The molecule has 0 rings (SSSR count). The maximum absolute atomic E-state index is 7.00. The standard InChI is InChI=1S/C3H9BO3.4CH4O.Cu.Pd/c1-5-4(6-2)7-3;4*1-2;;/h1-3H3;4*2H,1H3;;. The molecule has 0 spiro atoms. The van der Waals surface area contributed by atoms with Crippen molar-refractivity contribution in [3.8, 4) is 0 Å². The molecule has 1 radical (unpaired) electrons. The van der Waals surface area contributed by atoms with E-state index in [9.17, 15) is 0 Å². The SMILES string of the molecule is CO.CO.CO.CO.COB(OC)OC.[Cu].[Pd]. The quantitative estimate of drug-likeness (QED) is 0.419. The Morgan fingerprint density at radius 1 is 0.588 bits per heavy atom. The van der Waals surface area contributed by atoms with Gasteiger partial charge < -0.3 is 34.4 Å². The van der Waals surface area contributed by atoms with Crippen LogP contribution in [0.25, 0.3) is 0 Å². The molecular weight excluding hydrogens is 377 g/mol. The zero-order valence-electron chi connectivity index (χ0n) is 11.2. The fraction of sp³-hybridized carbons (Fsp3) is 1.00. The van der Waals surface area contributed by atoms with Gasteiger partial charge in [-0.25, -0.2) is 0 Å². The topological polar surface area (TPSA) is 109 Å². The van der Waals surface area contributed by atoms with Crippen LogP contribution < -0.4 is 0 Å². The van der Waals surface area contributed by atoms with Crippen molar-refractivity contribution in [2.45, 2.75) is 0 Å². The van der Waals surface area contributed by atoms with Gasteiger partial charge in [-0.15, -0.1) is 0 Å². The molecule has 7 nitrogen and oxygen atoms in total. The van der Waals surface area contributed by atoms with Crippen molar-refractivity contribution in [3.63, 3.8) is 0 Å². The van der Waals surface area contributed by atoms with E-state index in [1.807, 2.05) is 0 Å². The summed E-state index contributed by atoms with van der Waals surface area (Å²) in [5.74, 6) is 0. The van der Waals surface area contributed by atoms with Crippen molar-refractivity contribution >= 4 is 7.32 Å². The molecule has 0 aliphatic rings. The van der Waals surface area contributed by atoms with Crippen LogP contribution in [0.2, 0.25) is 0 Å². The summed E-state index contributed by atoms with van der Waals surface area (Å²) in [6.45, 7) is 0. The van der Waals surface area contributed by atoms with Gasteiger partial charge in [-0.05, 0) is 0 Å². The van der Waals surface area contributed by atoms with Crippen LogP contribution in [-0.2, 0) is 51.5 Å². The molecule has 119 valence electrons.